The lowest BCUT2D eigenvalue weighted by Gasteiger charge is -2.12. The maximum Gasteiger partial charge on any atom is 0.0914 e. The van der Waals surface area contributed by atoms with Gasteiger partial charge < -0.3 is 10.4 Å². The molecule has 4 heteroatoms. The van der Waals surface area contributed by atoms with Crippen LogP contribution in [0.3, 0.4) is 0 Å². The first-order chi connectivity index (χ1) is 5.38. The SMILES string of the molecule is OC1CNCC1n1cccn1. The minimum Gasteiger partial charge on any atom is -0.390 e. The molecule has 1 aliphatic rings. The molecule has 2 N–H and O–H groups in total. The van der Waals surface area contributed by atoms with Crippen molar-refractivity contribution in [2.24, 2.45) is 0 Å². The number of aliphatic hydroxyl groups is 1. The normalized spacial score (nSPS) is 31.0. The Morgan fingerprint density at radius 2 is 2.45 bits per heavy atom. The summed E-state index contributed by atoms with van der Waals surface area (Å²) >= 11 is 0. The van der Waals surface area contributed by atoms with Crippen LogP contribution in [-0.4, -0.2) is 34.1 Å². The predicted octanol–water partition coefficient (Wildman–Crippen LogP) is -0.612. The van der Waals surface area contributed by atoms with Crippen LogP contribution < -0.4 is 5.32 Å². The summed E-state index contributed by atoms with van der Waals surface area (Å²) in [6, 6.07) is 1.98. The first-order valence-electron chi connectivity index (χ1n) is 3.76. The molecule has 0 amide bonds. The number of hydrogen-bond donors (Lipinski definition) is 2. The van der Waals surface area contributed by atoms with Crippen molar-refractivity contribution in [2.75, 3.05) is 13.1 Å². The lowest BCUT2D eigenvalue weighted by atomic mass is 10.2. The van der Waals surface area contributed by atoms with Crippen LogP contribution in [0.15, 0.2) is 18.5 Å². The van der Waals surface area contributed by atoms with Gasteiger partial charge in [-0.25, -0.2) is 0 Å². The van der Waals surface area contributed by atoms with Crippen LogP contribution in [0.25, 0.3) is 0 Å². The van der Waals surface area contributed by atoms with Crippen molar-refractivity contribution in [1.82, 2.24) is 15.1 Å². The summed E-state index contributed by atoms with van der Waals surface area (Å²) in [6.45, 7) is 1.48. The smallest absolute Gasteiger partial charge is 0.0914 e. The fourth-order valence-electron chi connectivity index (χ4n) is 1.40. The van der Waals surface area contributed by atoms with Crippen LogP contribution in [0, 0.1) is 0 Å². The molecular weight excluding hydrogens is 142 g/mol. The Bertz CT molecular complexity index is 222. The Labute approximate surface area is 64.8 Å². The molecule has 2 unspecified atom stereocenters. The third-order valence-electron chi connectivity index (χ3n) is 2.02. The predicted molar refractivity (Wildman–Crippen MR) is 40.1 cm³/mol. The Morgan fingerprint density at radius 1 is 1.55 bits per heavy atom. The third-order valence-corrected chi connectivity index (χ3v) is 2.02. The molecule has 1 saturated heterocycles. The van der Waals surface area contributed by atoms with Crippen molar-refractivity contribution in [3.8, 4) is 0 Å². The number of rotatable bonds is 1. The molecular formula is C7H11N3O. The molecule has 1 fully saturated rings. The van der Waals surface area contributed by atoms with E-state index in [4.69, 9.17) is 0 Å². The van der Waals surface area contributed by atoms with Crippen LogP contribution in [0.2, 0.25) is 0 Å². The molecule has 0 saturated carbocycles. The van der Waals surface area contributed by atoms with Gasteiger partial charge in [0.2, 0.25) is 0 Å². The van der Waals surface area contributed by atoms with Gasteiger partial charge in [0.25, 0.3) is 0 Å². The molecule has 2 atom stereocenters. The maximum atomic E-state index is 9.44. The summed E-state index contributed by atoms with van der Waals surface area (Å²) < 4.78 is 1.80. The van der Waals surface area contributed by atoms with Gasteiger partial charge in [0.1, 0.15) is 0 Å². The van der Waals surface area contributed by atoms with Gasteiger partial charge in [-0.15, -0.1) is 0 Å². The molecule has 0 aliphatic carbocycles. The second kappa shape index (κ2) is 2.64. The summed E-state index contributed by atoms with van der Waals surface area (Å²) in [6.07, 6.45) is 3.31. The minimum absolute atomic E-state index is 0.116. The molecule has 0 aromatic carbocycles. The highest BCUT2D eigenvalue weighted by Gasteiger charge is 2.26. The number of nitrogens with zero attached hydrogens (tertiary/aromatic N) is 2. The van der Waals surface area contributed by atoms with Gasteiger partial charge in [0.05, 0.1) is 12.1 Å². The molecule has 0 bridgehead atoms. The topological polar surface area (TPSA) is 50.1 Å². The fraction of sp³-hybridized carbons (Fsp3) is 0.571. The van der Waals surface area contributed by atoms with Crippen molar-refractivity contribution in [3.05, 3.63) is 18.5 Å². The van der Waals surface area contributed by atoms with Crippen molar-refractivity contribution in [2.45, 2.75) is 12.1 Å². The third kappa shape index (κ3) is 1.15. The first-order valence-corrected chi connectivity index (χ1v) is 3.76. The van der Waals surface area contributed by atoms with Crippen molar-refractivity contribution < 1.29 is 5.11 Å². The average Bonchev–Trinajstić information content (AvgIpc) is 2.55. The van der Waals surface area contributed by atoms with Gasteiger partial charge in [0, 0.05) is 25.5 Å². The molecule has 2 heterocycles. The number of hydrogen-bond acceptors (Lipinski definition) is 3. The molecule has 11 heavy (non-hydrogen) atoms. The molecule has 1 aromatic rings. The van der Waals surface area contributed by atoms with E-state index in [-0.39, 0.29) is 12.1 Å². The Morgan fingerprint density at radius 3 is 3.00 bits per heavy atom. The zero-order valence-electron chi connectivity index (χ0n) is 6.14. The van der Waals surface area contributed by atoms with Gasteiger partial charge in [-0.3, -0.25) is 4.68 Å². The summed E-state index contributed by atoms with van der Waals surface area (Å²) in [4.78, 5) is 0. The van der Waals surface area contributed by atoms with E-state index < -0.39 is 0 Å². The van der Waals surface area contributed by atoms with Crippen LogP contribution in [-0.2, 0) is 0 Å². The molecule has 2 rings (SSSR count). The second-order valence-electron chi connectivity index (χ2n) is 2.78. The molecule has 4 nitrogen and oxygen atoms in total. The van der Waals surface area contributed by atoms with Crippen LogP contribution in [0.5, 0.6) is 0 Å². The summed E-state index contributed by atoms with van der Waals surface area (Å²) in [5.41, 5.74) is 0. The molecule has 60 valence electrons. The van der Waals surface area contributed by atoms with Gasteiger partial charge in [-0.05, 0) is 6.07 Å². The maximum absolute atomic E-state index is 9.44. The number of aromatic nitrogens is 2. The molecule has 0 radical (unpaired) electrons. The number of β-amino-alcohol motifs (C(OH)–C–C–N with tert-alkyl or cyclic N) is 1. The van der Waals surface area contributed by atoms with Crippen LogP contribution >= 0.6 is 0 Å². The highest BCUT2D eigenvalue weighted by Crippen LogP contribution is 2.13. The molecule has 1 aromatic heterocycles. The highest BCUT2D eigenvalue weighted by atomic mass is 16.3. The monoisotopic (exact) mass is 153 g/mol. The summed E-state index contributed by atoms with van der Waals surface area (Å²) in [5.74, 6) is 0. The largest absolute Gasteiger partial charge is 0.390 e. The lowest BCUT2D eigenvalue weighted by molar-refractivity contribution is 0.145. The van der Waals surface area contributed by atoms with E-state index in [1.165, 1.54) is 0 Å². The van der Waals surface area contributed by atoms with Gasteiger partial charge in [-0.1, -0.05) is 0 Å². The Hall–Kier alpha value is -0.870. The van der Waals surface area contributed by atoms with E-state index in [0.29, 0.717) is 6.54 Å². The van der Waals surface area contributed by atoms with Crippen LogP contribution in [0.4, 0.5) is 0 Å². The van der Waals surface area contributed by atoms with Gasteiger partial charge in [-0.2, -0.15) is 5.10 Å². The molecule has 1 aliphatic heterocycles. The second-order valence-corrected chi connectivity index (χ2v) is 2.78. The average molecular weight is 153 g/mol. The summed E-state index contributed by atoms with van der Waals surface area (Å²) in [7, 11) is 0. The van der Waals surface area contributed by atoms with E-state index in [9.17, 15) is 5.11 Å². The summed E-state index contributed by atoms with van der Waals surface area (Å²) in [5, 5.41) is 16.6. The fourth-order valence-corrected chi connectivity index (χ4v) is 1.40. The van der Waals surface area contributed by atoms with Crippen molar-refractivity contribution >= 4 is 0 Å². The molecule has 0 spiro atoms. The lowest BCUT2D eigenvalue weighted by Crippen LogP contribution is -2.22. The minimum atomic E-state index is -0.296. The standard InChI is InChI=1S/C7H11N3O/c11-7-5-8-4-6(7)10-3-1-2-9-10/h1-3,6-8,11H,4-5H2. The van der Waals surface area contributed by atoms with Crippen molar-refractivity contribution in [3.63, 3.8) is 0 Å². The zero-order chi connectivity index (χ0) is 7.68. The van der Waals surface area contributed by atoms with E-state index in [2.05, 4.69) is 10.4 Å². The van der Waals surface area contributed by atoms with Gasteiger partial charge in [0.15, 0.2) is 0 Å². The van der Waals surface area contributed by atoms with Crippen LogP contribution in [0.1, 0.15) is 6.04 Å². The number of aliphatic hydroxyl groups excluding tert-OH is 1. The van der Waals surface area contributed by atoms with Crippen molar-refractivity contribution in [1.29, 1.82) is 0 Å². The Balaban J connectivity index is 2.16. The van der Waals surface area contributed by atoms with E-state index in [1.807, 2.05) is 12.3 Å². The highest BCUT2D eigenvalue weighted by molar-refractivity contribution is 4.89. The van der Waals surface area contributed by atoms with E-state index >= 15 is 0 Å². The quantitative estimate of drug-likeness (QED) is 0.566. The Kier molecular flexibility index (Phi) is 1.63. The van der Waals surface area contributed by atoms with Gasteiger partial charge >= 0.3 is 0 Å². The first kappa shape index (κ1) is 6.82. The van der Waals surface area contributed by atoms with E-state index in [1.54, 1.807) is 10.9 Å². The number of nitrogens with one attached hydrogen (secondary N) is 1. The zero-order valence-corrected chi connectivity index (χ0v) is 6.14. The van der Waals surface area contributed by atoms with E-state index in [0.717, 1.165) is 6.54 Å².